The monoisotopic (exact) mass is 222 g/mol. The quantitative estimate of drug-likeness (QED) is 0.669. The van der Waals surface area contributed by atoms with E-state index in [0.29, 0.717) is 5.92 Å². The largest absolute Gasteiger partial charge is 0.390 e. The van der Waals surface area contributed by atoms with Gasteiger partial charge in [-0.05, 0) is 57.3 Å². The van der Waals surface area contributed by atoms with E-state index in [4.69, 9.17) is 0 Å². The van der Waals surface area contributed by atoms with Crippen molar-refractivity contribution in [2.24, 2.45) is 23.7 Å². The highest BCUT2D eigenvalue weighted by Crippen LogP contribution is 2.46. The van der Waals surface area contributed by atoms with Crippen molar-refractivity contribution < 1.29 is 5.11 Å². The van der Waals surface area contributed by atoms with E-state index in [1.54, 1.807) is 5.57 Å². The third-order valence-corrected chi connectivity index (χ3v) is 4.83. The molecule has 0 amide bonds. The summed E-state index contributed by atoms with van der Waals surface area (Å²) < 4.78 is 0. The lowest BCUT2D eigenvalue weighted by Gasteiger charge is -2.27. The van der Waals surface area contributed by atoms with Gasteiger partial charge >= 0.3 is 0 Å². The van der Waals surface area contributed by atoms with Crippen molar-refractivity contribution in [3.63, 3.8) is 0 Å². The maximum Gasteiger partial charge on any atom is 0.0654 e. The molecule has 0 spiro atoms. The highest BCUT2D eigenvalue weighted by molar-refractivity contribution is 5.20. The summed E-state index contributed by atoms with van der Waals surface area (Å²) in [4.78, 5) is 0. The standard InChI is InChI=1S/C15H26O/c1-10-5-7-12(15(3,4)16)9-14-11(2)6-8-13(10)14/h9-13,16H,5-8H2,1-4H3/t10-,11-,12+,13-/m0/s1. The molecule has 0 bridgehead atoms. The Morgan fingerprint density at radius 3 is 2.44 bits per heavy atom. The van der Waals surface area contributed by atoms with Crippen molar-refractivity contribution in [3.8, 4) is 0 Å². The minimum atomic E-state index is -0.552. The highest BCUT2D eigenvalue weighted by atomic mass is 16.3. The Morgan fingerprint density at radius 2 is 1.81 bits per heavy atom. The van der Waals surface area contributed by atoms with Crippen LogP contribution in [-0.4, -0.2) is 10.7 Å². The lowest BCUT2D eigenvalue weighted by Crippen LogP contribution is -2.29. The van der Waals surface area contributed by atoms with E-state index in [-0.39, 0.29) is 0 Å². The van der Waals surface area contributed by atoms with Crippen LogP contribution in [-0.2, 0) is 0 Å². The molecule has 0 heterocycles. The van der Waals surface area contributed by atoms with Gasteiger partial charge in [-0.1, -0.05) is 25.5 Å². The minimum absolute atomic E-state index is 0.357. The maximum absolute atomic E-state index is 10.2. The van der Waals surface area contributed by atoms with Crippen molar-refractivity contribution >= 4 is 0 Å². The second kappa shape index (κ2) is 4.18. The van der Waals surface area contributed by atoms with Crippen LogP contribution in [0.2, 0.25) is 0 Å². The number of fused-ring (bicyclic) bond motifs is 1. The molecule has 2 aliphatic carbocycles. The fourth-order valence-electron chi connectivity index (χ4n) is 3.55. The normalized spacial score (nSPS) is 40.2. The predicted molar refractivity (Wildman–Crippen MR) is 68.2 cm³/mol. The molecular weight excluding hydrogens is 196 g/mol. The van der Waals surface area contributed by atoms with Gasteiger partial charge in [0.2, 0.25) is 0 Å². The average molecular weight is 222 g/mol. The summed E-state index contributed by atoms with van der Waals surface area (Å²) in [6.07, 6.45) is 7.56. The third kappa shape index (κ3) is 2.20. The first-order chi connectivity index (χ1) is 7.39. The van der Waals surface area contributed by atoms with E-state index in [1.165, 1.54) is 19.3 Å². The van der Waals surface area contributed by atoms with Crippen molar-refractivity contribution in [2.45, 2.75) is 59.0 Å². The lowest BCUT2D eigenvalue weighted by molar-refractivity contribution is 0.0321. The van der Waals surface area contributed by atoms with Crippen LogP contribution in [0.5, 0.6) is 0 Å². The number of hydrogen-bond donors (Lipinski definition) is 1. The molecular formula is C15H26O. The molecule has 16 heavy (non-hydrogen) atoms. The molecule has 4 atom stereocenters. The molecule has 2 rings (SSSR count). The lowest BCUT2D eigenvalue weighted by atomic mass is 9.85. The van der Waals surface area contributed by atoms with E-state index in [1.807, 2.05) is 13.8 Å². The van der Waals surface area contributed by atoms with Gasteiger partial charge in [-0.15, -0.1) is 0 Å². The summed E-state index contributed by atoms with van der Waals surface area (Å²) >= 11 is 0. The van der Waals surface area contributed by atoms with Gasteiger partial charge < -0.3 is 5.11 Å². The topological polar surface area (TPSA) is 20.2 Å². The molecule has 0 aromatic rings. The van der Waals surface area contributed by atoms with E-state index in [0.717, 1.165) is 24.2 Å². The van der Waals surface area contributed by atoms with Crippen LogP contribution < -0.4 is 0 Å². The maximum atomic E-state index is 10.2. The summed E-state index contributed by atoms with van der Waals surface area (Å²) in [6, 6.07) is 0. The zero-order valence-corrected chi connectivity index (χ0v) is 11.2. The van der Waals surface area contributed by atoms with Crippen LogP contribution in [0.15, 0.2) is 11.6 Å². The summed E-state index contributed by atoms with van der Waals surface area (Å²) in [7, 11) is 0. The van der Waals surface area contributed by atoms with Crippen LogP contribution in [0.3, 0.4) is 0 Å². The van der Waals surface area contributed by atoms with Crippen LogP contribution in [0.4, 0.5) is 0 Å². The van der Waals surface area contributed by atoms with Crippen molar-refractivity contribution in [1.29, 1.82) is 0 Å². The fraction of sp³-hybridized carbons (Fsp3) is 0.867. The molecule has 0 aromatic carbocycles. The van der Waals surface area contributed by atoms with Crippen molar-refractivity contribution in [3.05, 3.63) is 11.6 Å². The first-order valence-corrected chi connectivity index (χ1v) is 6.83. The summed E-state index contributed by atoms with van der Waals surface area (Å²) in [5.41, 5.74) is 1.10. The SMILES string of the molecule is C[C@H]1CC[C@@H]2C1=C[C@H](C(C)(C)O)CC[C@@H]2C. The minimum Gasteiger partial charge on any atom is -0.390 e. The Kier molecular flexibility index (Phi) is 3.18. The van der Waals surface area contributed by atoms with E-state index in [9.17, 15) is 5.11 Å². The van der Waals surface area contributed by atoms with Gasteiger partial charge in [-0.2, -0.15) is 0 Å². The van der Waals surface area contributed by atoms with Crippen molar-refractivity contribution in [2.75, 3.05) is 0 Å². The van der Waals surface area contributed by atoms with E-state index < -0.39 is 5.60 Å². The Hall–Kier alpha value is -0.300. The summed E-state index contributed by atoms with van der Waals surface area (Å²) in [6.45, 7) is 8.66. The van der Waals surface area contributed by atoms with Gasteiger partial charge in [0.1, 0.15) is 0 Å². The van der Waals surface area contributed by atoms with Crippen molar-refractivity contribution in [1.82, 2.24) is 0 Å². The molecule has 1 N–H and O–H groups in total. The molecule has 1 heteroatoms. The molecule has 0 radical (unpaired) electrons. The van der Waals surface area contributed by atoms with E-state index >= 15 is 0 Å². The zero-order chi connectivity index (χ0) is 11.9. The van der Waals surface area contributed by atoms with Crippen LogP contribution in [0, 0.1) is 23.7 Å². The summed E-state index contributed by atoms with van der Waals surface area (Å²) in [5, 5.41) is 10.2. The Morgan fingerprint density at radius 1 is 1.12 bits per heavy atom. The summed E-state index contributed by atoms with van der Waals surface area (Å²) in [5.74, 6) is 2.72. The second-order valence-corrected chi connectivity index (χ2v) is 6.57. The van der Waals surface area contributed by atoms with Gasteiger partial charge in [-0.3, -0.25) is 0 Å². The third-order valence-electron chi connectivity index (χ3n) is 4.83. The van der Waals surface area contributed by atoms with Gasteiger partial charge in [0.15, 0.2) is 0 Å². The Bertz CT molecular complexity index is 284. The fourth-order valence-corrected chi connectivity index (χ4v) is 3.55. The molecule has 0 unspecified atom stereocenters. The molecule has 0 aliphatic heterocycles. The zero-order valence-electron chi connectivity index (χ0n) is 11.2. The van der Waals surface area contributed by atoms with Crippen LogP contribution in [0.1, 0.15) is 53.4 Å². The first kappa shape index (κ1) is 12.2. The molecule has 0 aromatic heterocycles. The number of rotatable bonds is 1. The van der Waals surface area contributed by atoms with Gasteiger partial charge in [0, 0.05) is 5.92 Å². The first-order valence-electron chi connectivity index (χ1n) is 6.83. The predicted octanol–water partition coefficient (Wildman–Crippen LogP) is 3.78. The smallest absolute Gasteiger partial charge is 0.0654 e. The van der Waals surface area contributed by atoms with E-state index in [2.05, 4.69) is 19.9 Å². The Balaban J connectivity index is 2.28. The average Bonchev–Trinajstić information content (AvgIpc) is 2.42. The molecule has 0 saturated heterocycles. The molecule has 1 nitrogen and oxygen atoms in total. The molecule has 1 saturated carbocycles. The second-order valence-electron chi connectivity index (χ2n) is 6.57. The number of hydrogen-bond acceptors (Lipinski definition) is 1. The van der Waals surface area contributed by atoms with Crippen LogP contribution in [0.25, 0.3) is 0 Å². The number of allylic oxidation sites excluding steroid dienone is 1. The Labute approximate surface area is 99.9 Å². The van der Waals surface area contributed by atoms with Gasteiger partial charge in [0.05, 0.1) is 5.60 Å². The molecule has 92 valence electrons. The van der Waals surface area contributed by atoms with Gasteiger partial charge in [0.25, 0.3) is 0 Å². The van der Waals surface area contributed by atoms with Gasteiger partial charge in [-0.25, -0.2) is 0 Å². The molecule has 2 aliphatic rings. The number of aliphatic hydroxyl groups is 1. The highest BCUT2D eigenvalue weighted by Gasteiger charge is 2.36. The molecule has 1 fully saturated rings. The van der Waals surface area contributed by atoms with Crippen LogP contribution >= 0.6 is 0 Å².